The van der Waals surface area contributed by atoms with E-state index in [1.165, 1.54) is 11.3 Å². The number of rotatable bonds is 3. The van der Waals surface area contributed by atoms with Crippen LogP contribution in [0.5, 0.6) is 0 Å². The molecule has 1 amide bonds. The van der Waals surface area contributed by atoms with Gasteiger partial charge in [0, 0.05) is 5.88 Å². The maximum absolute atomic E-state index is 12.2. The summed E-state index contributed by atoms with van der Waals surface area (Å²) in [5, 5.41) is 3.12. The van der Waals surface area contributed by atoms with Gasteiger partial charge in [-0.2, -0.15) is 0 Å². The van der Waals surface area contributed by atoms with Gasteiger partial charge >= 0.3 is 0 Å². The minimum Gasteiger partial charge on any atom is -0.345 e. The number of hydrogen-bond acceptors (Lipinski definition) is 2. The first-order chi connectivity index (χ1) is 8.06. The summed E-state index contributed by atoms with van der Waals surface area (Å²) in [6, 6.07) is 1.92. The zero-order chi connectivity index (χ0) is 12.5. The van der Waals surface area contributed by atoms with Crippen LogP contribution in [0.25, 0.3) is 0 Å². The van der Waals surface area contributed by atoms with Gasteiger partial charge in [-0.05, 0) is 47.3 Å². The molecule has 0 spiro atoms. The lowest BCUT2D eigenvalue weighted by Gasteiger charge is -2.27. The molecule has 0 atom stereocenters. The third-order valence-electron chi connectivity index (χ3n) is 3.28. The smallest absolute Gasteiger partial charge is 0.261 e. The Kier molecular flexibility index (Phi) is 4.16. The lowest BCUT2D eigenvalue weighted by Crippen LogP contribution is -2.47. The van der Waals surface area contributed by atoms with Gasteiger partial charge in [-0.15, -0.1) is 22.9 Å². The number of hydrogen-bond donors (Lipinski definition) is 1. The lowest BCUT2D eigenvalue weighted by atomic mass is 10.0. The molecule has 0 aliphatic heterocycles. The molecule has 5 heteroatoms. The number of thiophene rings is 1. The molecule has 2 nitrogen and oxygen atoms in total. The van der Waals surface area contributed by atoms with Gasteiger partial charge in [-0.25, -0.2) is 0 Å². The van der Waals surface area contributed by atoms with Crippen molar-refractivity contribution < 1.29 is 4.79 Å². The van der Waals surface area contributed by atoms with Crippen LogP contribution in [0.2, 0.25) is 0 Å². The van der Waals surface area contributed by atoms with Crippen LogP contribution in [0.15, 0.2) is 9.85 Å². The van der Waals surface area contributed by atoms with Crippen LogP contribution in [0.1, 0.15) is 40.9 Å². The SMILES string of the molecule is Cc1cc(C(=O)NC2(CCl)CCCC2)sc1Br. The number of alkyl halides is 1. The second-order valence-corrected chi connectivity index (χ2v) is 7.28. The van der Waals surface area contributed by atoms with Crippen molar-refractivity contribution in [3.8, 4) is 0 Å². The third-order valence-corrected chi connectivity index (χ3v) is 5.92. The Bertz CT molecular complexity index is 407. The minimum absolute atomic E-state index is 0.00588. The molecule has 1 N–H and O–H groups in total. The predicted octanol–water partition coefficient (Wildman–Crippen LogP) is 4.10. The van der Waals surface area contributed by atoms with Gasteiger partial charge in [0.05, 0.1) is 14.2 Å². The van der Waals surface area contributed by atoms with Crippen LogP contribution in [0.4, 0.5) is 0 Å². The molecule has 0 unspecified atom stereocenters. The fraction of sp³-hybridized carbons (Fsp3) is 0.583. The van der Waals surface area contributed by atoms with E-state index in [0.29, 0.717) is 5.88 Å². The number of carbonyl (C=O) groups is 1. The second-order valence-electron chi connectivity index (χ2n) is 4.64. The number of aryl methyl sites for hydroxylation is 1. The summed E-state index contributed by atoms with van der Waals surface area (Å²) in [4.78, 5) is 12.9. The van der Waals surface area contributed by atoms with Crippen molar-refractivity contribution in [2.24, 2.45) is 0 Å². The standard InChI is InChI=1S/C12H15BrClNOS/c1-8-6-9(17-10(8)13)11(16)15-12(7-14)4-2-3-5-12/h6H,2-5,7H2,1H3,(H,15,16). The Balaban J connectivity index is 2.10. The van der Waals surface area contributed by atoms with E-state index in [2.05, 4.69) is 21.2 Å². The summed E-state index contributed by atoms with van der Waals surface area (Å²) < 4.78 is 1.02. The van der Waals surface area contributed by atoms with Crippen molar-refractivity contribution in [1.29, 1.82) is 0 Å². The molecule has 1 aliphatic rings. The Morgan fingerprint density at radius 1 is 1.59 bits per heavy atom. The number of nitrogens with one attached hydrogen (secondary N) is 1. The van der Waals surface area contributed by atoms with Crippen molar-refractivity contribution in [2.45, 2.75) is 38.1 Å². The number of halogens is 2. The molecule has 1 aliphatic carbocycles. The Morgan fingerprint density at radius 3 is 2.71 bits per heavy atom. The average Bonchev–Trinajstić information content (AvgIpc) is 2.88. The topological polar surface area (TPSA) is 29.1 Å². The third kappa shape index (κ3) is 2.85. The summed E-state index contributed by atoms with van der Waals surface area (Å²) in [5.74, 6) is 0.510. The van der Waals surface area contributed by atoms with Gasteiger partial charge in [-0.3, -0.25) is 4.79 Å². The largest absolute Gasteiger partial charge is 0.345 e. The zero-order valence-corrected chi connectivity index (χ0v) is 12.8. The Morgan fingerprint density at radius 2 is 2.24 bits per heavy atom. The summed E-state index contributed by atoms with van der Waals surface area (Å²) in [5.41, 5.74) is 0.926. The molecule has 94 valence electrons. The predicted molar refractivity (Wildman–Crippen MR) is 76.1 cm³/mol. The molecule has 0 aromatic carbocycles. The van der Waals surface area contributed by atoms with Crippen LogP contribution in [0, 0.1) is 6.92 Å². The van der Waals surface area contributed by atoms with Gasteiger partial charge < -0.3 is 5.32 Å². The van der Waals surface area contributed by atoms with Crippen LogP contribution in [0.3, 0.4) is 0 Å². The van der Waals surface area contributed by atoms with Crippen LogP contribution in [-0.2, 0) is 0 Å². The highest BCUT2D eigenvalue weighted by molar-refractivity contribution is 9.11. The molecule has 1 fully saturated rings. The van der Waals surface area contributed by atoms with E-state index in [1.807, 2.05) is 13.0 Å². The molecule has 2 rings (SSSR count). The van der Waals surface area contributed by atoms with Crippen LogP contribution in [-0.4, -0.2) is 17.3 Å². The van der Waals surface area contributed by atoms with E-state index in [-0.39, 0.29) is 11.4 Å². The van der Waals surface area contributed by atoms with E-state index in [4.69, 9.17) is 11.6 Å². The fourth-order valence-electron chi connectivity index (χ4n) is 2.22. The van der Waals surface area contributed by atoms with Crippen molar-refractivity contribution in [3.63, 3.8) is 0 Å². The van der Waals surface area contributed by atoms with Crippen molar-refractivity contribution in [1.82, 2.24) is 5.32 Å². The van der Waals surface area contributed by atoms with E-state index in [0.717, 1.165) is 39.9 Å². The first kappa shape index (κ1) is 13.4. The summed E-state index contributed by atoms with van der Waals surface area (Å²) in [7, 11) is 0. The van der Waals surface area contributed by atoms with Gasteiger partial charge in [0.2, 0.25) is 0 Å². The van der Waals surface area contributed by atoms with Gasteiger partial charge in [0.1, 0.15) is 0 Å². The van der Waals surface area contributed by atoms with Gasteiger partial charge in [0.25, 0.3) is 5.91 Å². The molecular formula is C12H15BrClNOS. The maximum atomic E-state index is 12.2. The Labute approximate surface area is 119 Å². The fourth-order valence-corrected chi connectivity index (χ4v) is 3.98. The highest BCUT2D eigenvalue weighted by atomic mass is 79.9. The summed E-state index contributed by atoms with van der Waals surface area (Å²) in [6.07, 6.45) is 4.29. The quantitative estimate of drug-likeness (QED) is 0.827. The molecule has 1 heterocycles. The molecule has 0 bridgehead atoms. The summed E-state index contributed by atoms with van der Waals surface area (Å²) >= 11 is 10.9. The maximum Gasteiger partial charge on any atom is 0.261 e. The Hall–Kier alpha value is -0.0600. The lowest BCUT2D eigenvalue weighted by molar-refractivity contribution is 0.0913. The van der Waals surface area contributed by atoms with E-state index in [1.54, 1.807) is 0 Å². The molecule has 1 aromatic heterocycles. The second kappa shape index (κ2) is 5.29. The van der Waals surface area contributed by atoms with Gasteiger partial charge in [-0.1, -0.05) is 12.8 Å². The van der Waals surface area contributed by atoms with Crippen molar-refractivity contribution >= 4 is 44.8 Å². The first-order valence-corrected chi connectivity index (χ1v) is 7.85. The molecule has 17 heavy (non-hydrogen) atoms. The molecule has 1 saturated carbocycles. The van der Waals surface area contributed by atoms with Crippen molar-refractivity contribution in [3.05, 3.63) is 20.3 Å². The highest BCUT2D eigenvalue weighted by Gasteiger charge is 2.34. The number of amides is 1. The van der Waals surface area contributed by atoms with Gasteiger partial charge in [0.15, 0.2) is 0 Å². The molecule has 1 aromatic rings. The first-order valence-electron chi connectivity index (χ1n) is 5.71. The summed E-state index contributed by atoms with van der Waals surface area (Å²) in [6.45, 7) is 1.99. The minimum atomic E-state index is -0.178. The van der Waals surface area contributed by atoms with E-state index < -0.39 is 0 Å². The van der Waals surface area contributed by atoms with Crippen LogP contribution >= 0.6 is 38.9 Å². The van der Waals surface area contributed by atoms with Crippen LogP contribution < -0.4 is 5.32 Å². The molecule has 0 radical (unpaired) electrons. The molecule has 0 saturated heterocycles. The normalized spacial score (nSPS) is 18.3. The van der Waals surface area contributed by atoms with E-state index in [9.17, 15) is 4.79 Å². The van der Waals surface area contributed by atoms with E-state index >= 15 is 0 Å². The van der Waals surface area contributed by atoms with Crippen molar-refractivity contribution in [2.75, 3.05) is 5.88 Å². The zero-order valence-electron chi connectivity index (χ0n) is 9.69. The molecular weight excluding hydrogens is 322 g/mol. The average molecular weight is 337 g/mol. The highest BCUT2D eigenvalue weighted by Crippen LogP contribution is 2.32. The number of carbonyl (C=O) groups excluding carboxylic acids is 1. The monoisotopic (exact) mass is 335 g/mol.